The van der Waals surface area contributed by atoms with Gasteiger partial charge in [0.2, 0.25) is 0 Å². The van der Waals surface area contributed by atoms with Gasteiger partial charge in [0, 0.05) is 12.1 Å². The fourth-order valence-electron chi connectivity index (χ4n) is 2.94. The Hall–Kier alpha value is -1.61. The van der Waals surface area contributed by atoms with Crippen LogP contribution in [0.2, 0.25) is 0 Å². The van der Waals surface area contributed by atoms with Gasteiger partial charge in [-0.25, -0.2) is 5.43 Å². The number of aryl methyl sites for hydroxylation is 1. The van der Waals surface area contributed by atoms with E-state index in [0.29, 0.717) is 6.54 Å². The molecule has 0 aliphatic carbocycles. The van der Waals surface area contributed by atoms with E-state index in [1.54, 1.807) is 0 Å². The summed E-state index contributed by atoms with van der Waals surface area (Å²) in [5.74, 6) is -0.0204. The predicted molar refractivity (Wildman–Crippen MR) is 96.9 cm³/mol. The number of hydrogen-bond acceptors (Lipinski definition) is 2. The highest BCUT2D eigenvalue weighted by Gasteiger charge is 2.14. The molecular weight excluding hydrogens is 284 g/mol. The maximum Gasteiger partial charge on any atom is 0.262 e. The fraction of sp³-hybridized carbons (Fsp3) is 0.550. The molecule has 0 atom stereocenters. The molecule has 1 saturated heterocycles. The van der Waals surface area contributed by atoms with Crippen molar-refractivity contribution in [3.8, 4) is 0 Å². The molecule has 0 unspecified atom stereocenters. The Morgan fingerprint density at radius 2 is 1.61 bits per heavy atom. The van der Waals surface area contributed by atoms with Crippen LogP contribution in [0.1, 0.15) is 69.4 Å². The number of benzene rings is 1. The third-order valence-electron chi connectivity index (χ3n) is 4.41. The normalized spacial score (nSPS) is 16.0. The largest absolute Gasteiger partial charge is 0.287 e. The lowest BCUT2D eigenvalue weighted by molar-refractivity contribution is -0.116. The van der Waals surface area contributed by atoms with Crippen LogP contribution in [0, 0.1) is 0 Å². The van der Waals surface area contributed by atoms with Crippen LogP contribution < -0.4 is 10.9 Å². The average Bonchev–Trinajstić information content (AvgIpc) is 2.96. The van der Waals surface area contributed by atoms with Crippen LogP contribution in [0.3, 0.4) is 0 Å². The zero-order chi connectivity index (χ0) is 16.3. The molecule has 126 valence electrons. The van der Waals surface area contributed by atoms with E-state index in [2.05, 4.69) is 42.0 Å². The standard InChI is InChI=1S/C20H30N2O/c1-2-3-4-5-6-7-8-9-10-17-11-13-18(14-12-17)15-19-16-21-22-20(19)23/h11-15,21H,2-10,16H2,1H3,(H,22,23)/b19-15+. The summed E-state index contributed by atoms with van der Waals surface area (Å²) in [6.45, 7) is 2.86. The molecule has 0 bridgehead atoms. The first-order valence-electron chi connectivity index (χ1n) is 9.12. The van der Waals surface area contributed by atoms with Crippen molar-refractivity contribution < 1.29 is 4.79 Å². The third kappa shape index (κ3) is 6.57. The Morgan fingerprint density at radius 1 is 0.957 bits per heavy atom. The van der Waals surface area contributed by atoms with Gasteiger partial charge in [0.15, 0.2) is 0 Å². The minimum absolute atomic E-state index is 0.0204. The molecule has 3 nitrogen and oxygen atoms in total. The quantitative estimate of drug-likeness (QED) is 0.497. The second-order valence-electron chi connectivity index (χ2n) is 6.44. The van der Waals surface area contributed by atoms with Crippen LogP contribution in [0.15, 0.2) is 29.8 Å². The Labute approximate surface area is 140 Å². The van der Waals surface area contributed by atoms with Gasteiger partial charge >= 0.3 is 0 Å². The van der Waals surface area contributed by atoms with E-state index in [4.69, 9.17) is 0 Å². The Kier molecular flexibility index (Phi) is 7.88. The zero-order valence-electron chi connectivity index (χ0n) is 14.4. The maximum atomic E-state index is 11.5. The molecule has 2 N–H and O–H groups in total. The number of rotatable bonds is 10. The van der Waals surface area contributed by atoms with Crippen molar-refractivity contribution in [2.75, 3.05) is 6.54 Å². The summed E-state index contributed by atoms with van der Waals surface area (Å²) < 4.78 is 0. The first-order chi connectivity index (χ1) is 11.3. The van der Waals surface area contributed by atoms with Crippen molar-refractivity contribution in [2.24, 2.45) is 0 Å². The summed E-state index contributed by atoms with van der Waals surface area (Å²) in [6, 6.07) is 8.60. The number of amides is 1. The molecule has 0 aromatic heterocycles. The molecular formula is C20H30N2O. The van der Waals surface area contributed by atoms with Crippen LogP contribution >= 0.6 is 0 Å². The van der Waals surface area contributed by atoms with Crippen molar-refractivity contribution in [1.29, 1.82) is 0 Å². The highest BCUT2D eigenvalue weighted by molar-refractivity contribution is 5.99. The lowest BCUT2D eigenvalue weighted by Gasteiger charge is -2.03. The lowest BCUT2D eigenvalue weighted by atomic mass is 10.0. The fourth-order valence-corrected chi connectivity index (χ4v) is 2.94. The van der Waals surface area contributed by atoms with E-state index in [9.17, 15) is 4.79 Å². The van der Waals surface area contributed by atoms with Crippen LogP contribution in [0.4, 0.5) is 0 Å². The molecule has 1 aliphatic rings. The van der Waals surface area contributed by atoms with Crippen LogP contribution in [0.5, 0.6) is 0 Å². The van der Waals surface area contributed by atoms with Gasteiger partial charge in [-0.1, -0.05) is 76.1 Å². The van der Waals surface area contributed by atoms with Gasteiger partial charge in [-0.05, 0) is 30.0 Å². The van der Waals surface area contributed by atoms with Crippen molar-refractivity contribution >= 4 is 12.0 Å². The van der Waals surface area contributed by atoms with Gasteiger partial charge in [-0.3, -0.25) is 10.2 Å². The number of carbonyl (C=O) groups is 1. The number of hydrogen-bond donors (Lipinski definition) is 2. The minimum Gasteiger partial charge on any atom is -0.287 e. The van der Waals surface area contributed by atoms with Gasteiger partial charge in [0.25, 0.3) is 5.91 Å². The molecule has 0 saturated carbocycles. The van der Waals surface area contributed by atoms with Crippen LogP contribution in [0.25, 0.3) is 6.08 Å². The number of nitrogens with one attached hydrogen (secondary N) is 2. The van der Waals surface area contributed by atoms with Gasteiger partial charge in [0.05, 0.1) is 0 Å². The predicted octanol–water partition coefficient (Wildman–Crippen LogP) is 4.39. The topological polar surface area (TPSA) is 41.1 Å². The summed E-state index contributed by atoms with van der Waals surface area (Å²) in [4.78, 5) is 11.5. The molecule has 3 heteroatoms. The monoisotopic (exact) mass is 314 g/mol. The van der Waals surface area contributed by atoms with Crippen molar-refractivity contribution in [3.05, 3.63) is 41.0 Å². The third-order valence-corrected chi connectivity index (χ3v) is 4.41. The molecule has 23 heavy (non-hydrogen) atoms. The molecule has 2 rings (SSSR count). The minimum atomic E-state index is -0.0204. The zero-order valence-corrected chi connectivity index (χ0v) is 14.4. The second kappa shape index (κ2) is 10.2. The van der Waals surface area contributed by atoms with E-state index in [-0.39, 0.29) is 5.91 Å². The number of hydrazine groups is 1. The SMILES string of the molecule is CCCCCCCCCCc1ccc(/C=C2\CNNC2=O)cc1. The smallest absolute Gasteiger partial charge is 0.262 e. The summed E-state index contributed by atoms with van der Waals surface area (Å²) in [5, 5.41) is 0. The van der Waals surface area contributed by atoms with Crippen molar-refractivity contribution in [1.82, 2.24) is 10.9 Å². The summed E-state index contributed by atoms with van der Waals surface area (Å²) in [5.41, 5.74) is 8.73. The number of carbonyl (C=O) groups excluding carboxylic acids is 1. The molecule has 1 amide bonds. The van der Waals surface area contributed by atoms with E-state index in [1.807, 2.05) is 6.08 Å². The molecule has 0 radical (unpaired) electrons. The summed E-state index contributed by atoms with van der Waals surface area (Å²) in [7, 11) is 0. The molecule has 0 spiro atoms. The lowest BCUT2D eigenvalue weighted by Crippen LogP contribution is -2.25. The maximum absolute atomic E-state index is 11.5. The van der Waals surface area contributed by atoms with Crippen molar-refractivity contribution in [3.63, 3.8) is 0 Å². The van der Waals surface area contributed by atoms with Crippen LogP contribution in [-0.4, -0.2) is 12.5 Å². The molecule has 1 aliphatic heterocycles. The first-order valence-corrected chi connectivity index (χ1v) is 9.12. The Morgan fingerprint density at radius 3 is 2.22 bits per heavy atom. The number of unbranched alkanes of at least 4 members (excludes halogenated alkanes) is 7. The highest BCUT2D eigenvalue weighted by Crippen LogP contribution is 2.14. The highest BCUT2D eigenvalue weighted by atomic mass is 16.2. The van der Waals surface area contributed by atoms with Gasteiger partial charge < -0.3 is 0 Å². The van der Waals surface area contributed by atoms with E-state index in [1.165, 1.54) is 56.9 Å². The Balaban J connectivity index is 1.64. The molecule has 1 aromatic rings. The summed E-state index contributed by atoms with van der Waals surface area (Å²) in [6.07, 6.45) is 14.0. The Bertz CT molecular complexity index is 505. The summed E-state index contributed by atoms with van der Waals surface area (Å²) >= 11 is 0. The average molecular weight is 314 g/mol. The molecule has 1 fully saturated rings. The van der Waals surface area contributed by atoms with E-state index in [0.717, 1.165) is 17.6 Å². The van der Waals surface area contributed by atoms with E-state index >= 15 is 0 Å². The van der Waals surface area contributed by atoms with Crippen LogP contribution in [-0.2, 0) is 11.2 Å². The second-order valence-corrected chi connectivity index (χ2v) is 6.44. The van der Waals surface area contributed by atoms with Crippen molar-refractivity contribution in [2.45, 2.75) is 64.7 Å². The molecule has 1 heterocycles. The van der Waals surface area contributed by atoms with E-state index < -0.39 is 0 Å². The first kappa shape index (κ1) is 17.7. The molecule has 1 aromatic carbocycles. The van der Waals surface area contributed by atoms with Gasteiger partial charge in [-0.2, -0.15) is 0 Å². The van der Waals surface area contributed by atoms with Gasteiger partial charge in [0.1, 0.15) is 0 Å². The van der Waals surface area contributed by atoms with Gasteiger partial charge in [-0.15, -0.1) is 0 Å².